The Balaban J connectivity index is 2.10. The van der Waals surface area contributed by atoms with Crippen molar-refractivity contribution in [3.8, 4) is 0 Å². The standard InChI is InChI=1S/C16H30N4/c1-12-14(11-18-20(12)5)15(10-17)19(4)13-6-8-16(2,3)9-7-13/h11,13,15H,6-10,17H2,1-5H3. The third kappa shape index (κ3) is 3.07. The number of likely N-dealkylation sites (N-methyl/N-ethyl adjacent to an activating group) is 1. The molecule has 0 aromatic carbocycles. The van der Waals surface area contributed by atoms with Gasteiger partial charge in [-0.25, -0.2) is 0 Å². The largest absolute Gasteiger partial charge is 0.329 e. The van der Waals surface area contributed by atoms with Gasteiger partial charge in [0.25, 0.3) is 0 Å². The molecule has 2 N–H and O–H groups in total. The first-order valence-electron chi connectivity index (χ1n) is 7.76. The second-order valence-electron chi connectivity index (χ2n) is 7.12. The van der Waals surface area contributed by atoms with Gasteiger partial charge in [0.15, 0.2) is 0 Å². The fourth-order valence-electron chi connectivity index (χ4n) is 3.40. The number of rotatable bonds is 4. The van der Waals surface area contributed by atoms with Gasteiger partial charge in [-0.2, -0.15) is 5.10 Å². The maximum atomic E-state index is 6.07. The lowest BCUT2D eigenvalue weighted by molar-refractivity contribution is 0.0964. The van der Waals surface area contributed by atoms with Crippen molar-refractivity contribution < 1.29 is 0 Å². The van der Waals surface area contributed by atoms with Crippen LogP contribution in [0.25, 0.3) is 0 Å². The van der Waals surface area contributed by atoms with Crippen molar-refractivity contribution in [3.63, 3.8) is 0 Å². The van der Waals surface area contributed by atoms with E-state index in [1.54, 1.807) is 0 Å². The fraction of sp³-hybridized carbons (Fsp3) is 0.812. The Kier molecular flexibility index (Phi) is 4.55. The van der Waals surface area contributed by atoms with Gasteiger partial charge in [0.05, 0.1) is 12.2 Å². The molecule has 1 fully saturated rings. The van der Waals surface area contributed by atoms with Gasteiger partial charge in [0, 0.05) is 30.9 Å². The highest BCUT2D eigenvalue weighted by atomic mass is 15.3. The quantitative estimate of drug-likeness (QED) is 0.921. The van der Waals surface area contributed by atoms with Crippen LogP contribution in [0.2, 0.25) is 0 Å². The van der Waals surface area contributed by atoms with Crippen molar-refractivity contribution in [2.24, 2.45) is 18.2 Å². The number of hydrogen-bond acceptors (Lipinski definition) is 3. The van der Waals surface area contributed by atoms with Crippen molar-refractivity contribution in [3.05, 3.63) is 17.5 Å². The molecule has 1 aromatic rings. The number of aryl methyl sites for hydroxylation is 1. The average Bonchev–Trinajstić information content (AvgIpc) is 2.72. The average molecular weight is 278 g/mol. The minimum absolute atomic E-state index is 0.287. The third-order valence-corrected chi connectivity index (χ3v) is 5.23. The van der Waals surface area contributed by atoms with Crippen LogP contribution in [-0.4, -0.2) is 34.3 Å². The highest BCUT2D eigenvalue weighted by Gasteiger charge is 2.32. The minimum atomic E-state index is 0.287. The molecule has 0 aliphatic heterocycles. The minimum Gasteiger partial charge on any atom is -0.329 e. The maximum absolute atomic E-state index is 6.07. The number of aromatic nitrogens is 2. The van der Waals surface area contributed by atoms with Crippen LogP contribution in [0.3, 0.4) is 0 Å². The van der Waals surface area contributed by atoms with Crippen LogP contribution in [0, 0.1) is 12.3 Å². The van der Waals surface area contributed by atoms with Crippen LogP contribution in [0.1, 0.15) is 56.8 Å². The summed E-state index contributed by atoms with van der Waals surface area (Å²) in [4.78, 5) is 2.49. The first kappa shape index (κ1) is 15.5. The van der Waals surface area contributed by atoms with Crippen LogP contribution in [-0.2, 0) is 7.05 Å². The SMILES string of the molecule is Cc1c(C(CN)N(C)C2CCC(C)(C)CC2)cnn1C. The summed E-state index contributed by atoms with van der Waals surface area (Å²) in [6, 6.07) is 0.936. The Labute approximate surface area is 123 Å². The van der Waals surface area contributed by atoms with Gasteiger partial charge in [0.2, 0.25) is 0 Å². The molecule has 20 heavy (non-hydrogen) atoms. The lowest BCUT2D eigenvalue weighted by Crippen LogP contribution is -2.42. The van der Waals surface area contributed by atoms with Gasteiger partial charge in [-0.3, -0.25) is 9.58 Å². The molecule has 0 bridgehead atoms. The Morgan fingerprint density at radius 1 is 1.45 bits per heavy atom. The Bertz CT molecular complexity index is 439. The van der Waals surface area contributed by atoms with Crippen molar-refractivity contribution in [1.82, 2.24) is 14.7 Å². The molecule has 4 nitrogen and oxygen atoms in total. The monoisotopic (exact) mass is 278 g/mol. The summed E-state index contributed by atoms with van der Waals surface area (Å²) < 4.78 is 1.94. The molecule has 1 heterocycles. The zero-order valence-electron chi connectivity index (χ0n) is 13.7. The highest BCUT2D eigenvalue weighted by Crippen LogP contribution is 2.38. The van der Waals surface area contributed by atoms with E-state index in [1.165, 1.54) is 36.9 Å². The van der Waals surface area contributed by atoms with E-state index >= 15 is 0 Å². The lowest BCUT2D eigenvalue weighted by Gasteiger charge is -2.41. The molecule has 0 saturated heterocycles. The van der Waals surface area contributed by atoms with Gasteiger partial charge < -0.3 is 5.73 Å². The smallest absolute Gasteiger partial charge is 0.0540 e. The predicted octanol–water partition coefficient (Wildman–Crippen LogP) is 2.63. The molecular formula is C16H30N4. The van der Waals surface area contributed by atoms with Crippen molar-refractivity contribution in [1.29, 1.82) is 0 Å². The molecule has 1 unspecified atom stereocenters. The van der Waals surface area contributed by atoms with Gasteiger partial charge in [-0.15, -0.1) is 0 Å². The molecule has 2 rings (SSSR count). The summed E-state index contributed by atoms with van der Waals surface area (Å²) >= 11 is 0. The summed E-state index contributed by atoms with van der Waals surface area (Å²) in [5, 5.41) is 4.37. The van der Waals surface area contributed by atoms with E-state index in [-0.39, 0.29) is 6.04 Å². The molecule has 1 aliphatic carbocycles. The van der Waals surface area contributed by atoms with Gasteiger partial charge in [0.1, 0.15) is 0 Å². The zero-order valence-corrected chi connectivity index (χ0v) is 13.7. The summed E-state index contributed by atoms with van der Waals surface area (Å²) in [6.07, 6.45) is 7.16. The number of hydrogen-bond donors (Lipinski definition) is 1. The normalized spacial score (nSPS) is 21.4. The van der Waals surface area contributed by atoms with Crippen molar-refractivity contribution in [2.75, 3.05) is 13.6 Å². The van der Waals surface area contributed by atoms with E-state index in [2.05, 4.69) is 37.8 Å². The second-order valence-corrected chi connectivity index (χ2v) is 7.12. The van der Waals surface area contributed by atoms with Crippen LogP contribution in [0.4, 0.5) is 0 Å². The molecular weight excluding hydrogens is 248 g/mol. The molecule has 0 radical (unpaired) electrons. The number of nitrogens with zero attached hydrogens (tertiary/aromatic N) is 3. The number of nitrogens with two attached hydrogens (primary N) is 1. The van der Waals surface area contributed by atoms with E-state index in [0.717, 1.165) is 0 Å². The molecule has 1 saturated carbocycles. The van der Waals surface area contributed by atoms with Crippen LogP contribution in [0.15, 0.2) is 6.20 Å². The molecule has 1 aliphatic rings. The summed E-state index contributed by atoms with van der Waals surface area (Å²) in [7, 11) is 4.22. The zero-order chi connectivity index (χ0) is 14.9. The van der Waals surface area contributed by atoms with E-state index in [9.17, 15) is 0 Å². The van der Waals surface area contributed by atoms with E-state index in [4.69, 9.17) is 5.73 Å². The van der Waals surface area contributed by atoms with E-state index in [1.807, 2.05) is 17.9 Å². The fourth-order valence-corrected chi connectivity index (χ4v) is 3.40. The summed E-state index contributed by atoms with van der Waals surface area (Å²) in [6.45, 7) is 7.55. The van der Waals surface area contributed by atoms with Crippen LogP contribution >= 0.6 is 0 Å². The van der Waals surface area contributed by atoms with E-state index in [0.29, 0.717) is 18.0 Å². The van der Waals surface area contributed by atoms with Gasteiger partial charge in [-0.05, 0) is 45.1 Å². The Hall–Kier alpha value is -0.870. The van der Waals surface area contributed by atoms with Gasteiger partial charge in [-0.1, -0.05) is 13.8 Å². The molecule has 0 spiro atoms. The van der Waals surface area contributed by atoms with Crippen LogP contribution < -0.4 is 5.73 Å². The molecule has 114 valence electrons. The second kappa shape index (κ2) is 5.86. The molecule has 1 atom stereocenters. The van der Waals surface area contributed by atoms with Crippen molar-refractivity contribution >= 4 is 0 Å². The lowest BCUT2D eigenvalue weighted by atomic mass is 9.75. The topological polar surface area (TPSA) is 47.1 Å². The molecule has 1 aromatic heterocycles. The first-order chi connectivity index (χ1) is 9.35. The summed E-state index contributed by atoms with van der Waals surface area (Å²) in [5.74, 6) is 0. The first-order valence-corrected chi connectivity index (χ1v) is 7.76. The molecule has 0 amide bonds. The summed E-state index contributed by atoms with van der Waals surface area (Å²) in [5.41, 5.74) is 9.08. The Morgan fingerprint density at radius 3 is 2.50 bits per heavy atom. The van der Waals surface area contributed by atoms with Crippen molar-refractivity contribution in [2.45, 2.75) is 58.5 Å². The highest BCUT2D eigenvalue weighted by molar-refractivity contribution is 5.21. The maximum Gasteiger partial charge on any atom is 0.0540 e. The van der Waals surface area contributed by atoms with Crippen LogP contribution in [0.5, 0.6) is 0 Å². The third-order valence-electron chi connectivity index (χ3n) is 5.23. The molecule has 4 heteroatoms. The van der Waals surface area contributed by atoms with E-state index < -0.39 is 0 Å². The predicted molar refractivity (Wildman–Crippen MR) is 83.5 cm³/mol. The van der Waals surface area contributed by atoms with Gasteiger partial charge >= 0.3 is 0 Å². The Morgan fingerprint density at radius 2 is 2.05 bits per heavy atom.